The summed E-state index contributed by atoms with van der Waals surface area (Å²) in [5, 5.41) is 2.95. The Morgan fingerprint density at radius 1 is 1.17 bits per heavy atom. The molecule has 0 aliphatic carbocycles. The second kappa shape index (κ2) is 9.90. The van der Waals surface area contributed by atoms with Crippen LogP contribution in [0, 0.1) is 11.8 Å². The van der Waals surface area contributed by atoms with Crippen LogP contribution < -0.4 is 5.32 Å². The molecule has 2 aliphatic rings. The van der Waals surface area contributed by atoms with Crippen molar-refractivity contribution in [3.05, 3.63) is 28.2 Å². The molecule has 2 atom stereocenters. The van der Waals surface area contributed by atoms with Crippen LogP contribution in [0.5, 0.6) is 0 Å². The molecule has 1 aromatic carbocycles. The molecule has 0 bridgehead atoms. The predicted molar refractivity (Wildman–Crippen MR) is 118 cm³/mol. The van der Waals surface area contributed by atoms with Gasteiger partial charge >= 0.3 is 0 Å². The number of hydrogen-bond donors (Lipinski definition) is 1. The molecule has 162 valence electrons. The minimum Gasteiger partial charge on any atom is -0.352 e. The fraction of sp³-hybridized carbons (Fsp3) is 0.667. The lowest BCUT2D eigenvalue weighted by molar-refractivity contribution is 0.0946. The monoisotopic (exact) mass is 485 g/mol. The summed E-state index contributed by atoms with van der Waals surface area (Å²) in [6.45, 7) is 9.49. The molecule has 2 saturated heterocycles. The molecule has 3 rings (SSSR count). The largest absolute Gasteiger partial charge is 0.352 e. The number of nitrogens with one attached hydrogen (secondary N) is 1. The minimum absolute atomic E-state index is 0.184. The summed E-state index contributed by atoms with van der Waals surface area (Å²) >= 11 is 3.39. The van der Waals surface area contributed by atoms with Crippen molar-refractivity contribution in [2.75, 3.05) is 39.3 Å². The van der Waals surface area contributed by atoms with Crippen LogP contribution in [0.3, 0.4) is 0 Å². The number of rotatable bonds is 7. The summed E-state index contributed by atoms with van der Waals surface area (Å²) in [5.41, 5.74) is 0.366. The molecule has 8 heteroatoms. The van der Waals surface area contributed by atoms with Crippen molar-refractivity contribution in [1.29, 1.82) is 0 Å². The van der Waals surface area contributed by atoms with Gasteiger partial charge in [0.05, 0.1) is 10.5 Å². The maximum atomic E-state index is 12.8. The Morgan fingerprint density at radius 3 is 2.48 bits per heavy atom. The van der Waals surface area contributed by atoms with E-state index >= 15 is 0 Å². The minimum atomic E-state index is -3.54. The lowest BCUT2D eigenvalue weighted by atomic mass is 9.92. The maximum Gasteiger partial charge on any atom is 0.252 e. The zero-order chi connectivity index (χ0) is 21.0. The third-order valence-electron chi connectivity index (χ3n) is 5.77. The quantitative estimate of drug-likeness (QED) is 0.601. The van der Waals surface area contributed by atoms with Gasteiger partial charge in [-0.1, -0.05) is 13.8 Å². The van der Waals surface area contributed by atoms with E-state index < -0.39 is 10.0 Å². The van der Waals surface area contributed by atoms with Gasteiger partial charge in [0.1, 0.15) is 0 Å². The van der Waals surface area contributed by atoms with E-state index in [2.05, 4.69) is 40.0 Å². The van der Waals surface area contributed by atoms with Crippen LogP contribution in [-0.2, 0) is 10.0 Å². The lowest BCUT2D eigenvalue weighted by Crippen LogP contribution is -2.40. The summed E-state index contributed by atoms with van der Waals surface area (Å²) in [7, 11) is -3.54. The van der Waals surface area contributed by atoms with E-state index in [1.807, 2.05) is 0 Å². The first-order valence-corrected chi connectivity index (χ1v) is 12.8. The summed E-state index contributed by atoms with van der Waals surface area (Å²) in [4.78, 5) is 15.3. The van der Waals surface area contributed by atoms with Crippen molar-refractivity contribution in [1.82, 2.24) is 14.5 Å². The average Bonchev–Trinajstić information content (AvgIpc) is 3.20. The summed E-state index contributed by atoms with van der Waals surface area (Å²) < 4.78 is 27.7. The Bertz CT molecular complexity index is 814. The number of halogens is 1. The Labute approximate surface area is 183 Å². The first-order chi connectivity index (χ1) is 13.8. The average molecular weight is 486 g/mol. The van der Waals surface area contributed by atoms with Crippen LogP contribution >= 0.6 is 15.9 Å². The molecule has 1 aromatic rings. The molecule has 2 fully saturated rings. The van der Waals surface area contributed by atoms with E-state index in [4.69, 9.17) is 0 Å². The number of carbonyl (C=O) groups excluding carboxylic acids is 1. The fourth-order valence-corrected chi connectivity index (χ4v) is 6.46. The Kier molecular flexibility index (Phi) is 7.75. The second-order valence-electron chi connectivity index (χ2n) is 8.57. The number of nitrogens with zero attached hydrogens (tertiary/aromatic N) is 2. The molecule has 1 N–H and O–H groups in total. The second-order valence-corrected chi connectivity index (χ2v) is 11.4. The SMILES string of the molecule is CC1CC(C)CN(CCCNC(=O)c2cc(S(=O)(=O)N3CCCC3)ccc2Br)C1. The standard InChI is InChI=1S/C21H32BrN3O3S/c1-16-12-17(2)15-24(14-16)9-5-8-23-21(26)19-13-18(6-7-20(19)22)29(27,28)25-10-3-4-11-25/h6-7,13,16-17H,3-5,8-12,14-15H2,1-2H3,(H,23,26). The summed E-state index contributed by atoms with van der Waals surface area (Å²) in [5.74, 6) is 1.21. The first-order valence-electron chi connectivity index (χ1n) is 10.6. The normalized spacial score (nSPS) is 24.0. The number of sulfonamides is 1. The highest BCUT2D eigenvalue weighted by atomic mass is 79.9. The first kappa shape index (κ1) is 22.7. The van der Waals surface area contributed by atoms with Gasteiger partial charge in [0.15, 0.2) is 0 Å². The molecule has 0 spiro atoms. The van der Waals surface area contributed by atoms with Gasteiger partial charge in [-0.2, -0.15) is 4.31 Å². The number of piperidine rings is 1. The smallest absolute Gasteiger partial charge is 0.252 e. The molecular formula is C21H32BrN3O3S. The summed E-state index contributed by atoms with van der Waals surface area (Å²) in [6.07, 6.45) is 3.95. The highest BCUT2D eigenvalue weighted by molar-refractivity contribution is 9.10. The Morgan fingerprint density at radius 2 is 1.83 bits per heavy atom. The molecule has 2 aliphatic heterocycles. The zero-order valence-corrected chi connectivity index (χ0v) is 19.8. The number of carbonyl (C=O) groups is 1. The predicted octanol–water partition coefficient (Wildman–Crippen LogP) is 3.33. The van der Waals surface area contributed by atoms with Crippen LogP contribution in [0.2, 0.25) is 0 Å². The molecule has 0 radical (unpaired) electrons. The number of likely N-dealkylation sites (tertiary alicyclic amines) is 1. The van der Waals surface area contributed by atoms with E-state index in [1.54, 1.807) is 12.1 Å². The highest BCUT2D eigenvalue weighted by Crippen LogP contribution is 2.25. The van der Waals surface area contributed by atoms with E-state index in [9.17, 15) is 13.2 Å². The van der Waals surface area contributed by atoms with Gasteiger partial charge in [0.25, 0.3) is 5.91 Å². The molecule has 0 aromatic heterocycles. The van der Waals surface area contributed by atoms with Gasteiger partial charge in [-0.25, -0.2) is 8.42 Å². The van der Waals surface area contributed by atoms with E-state index in [1.165, 1.54) is 16.8 Å². The van der Waals surface area contributed by atoms with E-state index in [0.717, 1.165) is 50.7 Å². The van der Waals surface area contributed by atoms with Crippen LogP contribution in [0.1, 0.15) is 49.9 Å². The molecule has 0 saturated carbocycles. The molecular weight excluding hydrogens is 454 g/mol. The third kappa shape index (κ3) is 5.81. The Balaban J connectivity index is 1.56. The van der Waals surface area contributed by atoms with Gasteiger partial charge in [-0.3, -0.25) is 4.79 Å². The van der Waals surface area contributed by atoms with Gasteiger partial charge < -0.3 is 10.2 Å². The van der Waals surface area contributed by atoms with Crippen molar-refractivity contribution in [2.45, 2.75) is 44.4 Å². The van der Waals surface area contributed by atoms with Crippen LogP contribution in [0.15, 0.2) is 27.6 Å². The zero-order valence-electron chi connectivity index (χ0n) is 17.4. The van der Waals surface area contributed by atoms with Crippen LogP contribution in [0.4, 0.5) is 0 Å². The van der Waals surface area contributed by atoms with Gasteiger partial charge in [0, 0.05) is 37.2 Å². The van der Waals surface area contributed by atoms with Crippen molar-refractivity contribution in [3.63, 3.8) is 0 Å². The van der Waals surface area contributed by atoms with Crippen molar-refractivity contribution in [3.8, 4) is 0 Å². The van der Waals surface area contributed by atoms with Gasteiger partial charge in [-0.15, -0.1) is 0 Å². The number of benzene rings is 1. The maximum absolute atomic E-state index is 12.8. The fourth-order valence-electron chi connectivity index (χ4n) is 4.49. The van der Waals surface area contributed by atoms with Gasteiger partial charge in [-0.05, 0) is 78.2 Å². The van der Waals surface area contributed by atoms with E-state index in [-0.39, 0.29) is 10.8 Å². The van der Waals surface area contributed by atoms with Crippen LogP contribution in [-0.4, -0.2) is 62.8 Å². The summed E-state index contributed by atoms with van der Waals surface area (Å²) in [6, 6.07) is 4.70. The number of hydrogen-bond acceptors (Lipinski definition) is 4. The van der Waals surface area contributed by atoms with Crippen molar-refractivity contribution >= 4 is 31.9 Å². The lowest BCUT2D eigenvalue weighted by Gasteiger charge is -2.34. The molecule has 29 heavy (non-hydrogen) atoms. The molecule has 2 heterocycles. The third-order valence-corrected chi connectivity index (χ3v) is 8.35. The number of amides is 1. The van der Waals surface area contributed by atoms with E-state index in [0.29, 0.717) is 29.7 Å². The van der Waals surface area contributed by atoms with Crippen molar-refractivity contribution in [2.24, 2.45) is 11.8 Å². The molecule has 1 amide bonds. The van der Waals surface area contributed by atoms with Gasteiger partial charge in [0.2, 0.25) is 10.0 Å². The molecule has 6 nitrogen and oxygen atoms in total. The van der Waals surface area contributed by atoms with Crippen molar-refractivity contribution < 1.29 is 13.2 Å². The topological polar surface area (TPSA) is 69.7 Å². The molecule has 2 unspecified atom stereocenters. The van der Waals surface area contributed by atoms with Crippen LogP contribution in [0.25, 0.3) is 0 Å². The highest BCUT2D eigenvalue weighted by Gasteiger charge is 2.28. The Hall–Kier alpha value is -0.960.